The molecule has 1 fully saturated rings. The van der Waals surface area contributed by atoms with Crippen molar-refractivity contribution in [3.63, 3.8) is 0 Å². The number of esters is 1. The summed E-state index contributed by atoms with van der Waals surface area (Å²) in [4.78, 5) is 46.7. The molecule has 5 nitrogen and oxygen atoms in total. The van der Waals surface area contributed by atoms with E-state index in [1.165, 1.54) is 14.0 Å². The van der Waals surface area contributed by atoms with Gasteiger partial charge in [-0.25, -0.2) is 0 Å². The molecule has 0 amide bonds. The lowest BCUT2D eigenvalue weighted by Gasteiger charge is -2.33. The van der Waals surface area contributed by atoms with Crippen LogP contribution in [0.1, 0.15) is 51.9 Å². The fourth-order valence-corrected chi connectivity index (χ4v) is 2.53. The van der Waals surface area contributed by atoms with Crippen LogP contribution in [0.2, 0.25) is 0 Å². The Kier molecular flexibility index (Phi) is 5.39. The molecule has 0 atom stereocenters. The second-order valence-electron chi connectivity index (χ2n) is 5.06. The lowest BCUT2D eigenvalue weighted by molar-refractivity contribution is -0.147. The topological polar surface area (TPSA) is 77.5 Å². The molecule has 5 heteroatoms. The third kappa shape index (κ3) is 3.72. The number of methoxy groups -OCH3 is 1. The van der Waals surface area contributed by atoms with Crippen LogP contribution in [-0.4, -0.2) is 30.4 Å². The van der Waals surface area contributed by atoms with Gasteiger partial charge in [0.1, 0.15) is 17.3 Å². The molecule has 0 aromatic carbocycles. The van der Waals surface area contributed by atoms with Crippen LogP contribution in [-0.2, 0) is 23.9 Å². The Morgan fingerprint density at radius 1 is 1.11 bits per heavy atom. The van der Waals surface area contributed by atoms with E-state index >= 15 is 0 Å². The molecular formula is C14H20O5. The monoisotopic (exact) mass is 268 g/mol. The van der Waals surface area contributed by atoms with Gasteiger partial charge in [0.2, 0.25) is 0 Å². The Labute approximate surface area is 112 Å². The summed E-state index contributed by atoms with van der Waals surface area (Å²) in [5, 5.41) is 0. The number of ether oxygens (including phenoxy) is 1. The summed E-state index contributed by atoms with van der Waals surface area (Å²) in [5.41, 5.74) is -1.14. The first kappa shape index (κ1) is 15.5. The third-order valence-electron chi connectivity index (χ3n) is 3.76. The first-order chi connectivity index (χ1) is 8.92. The highest BCUT2D eigenvalue weighted by Gasteiger charge is 2.46. The molecule has 0 heterocycles. The molecule has 1 aliphatic carbocycles. The lowest BCUT2D eigenvalue weighted by atomic mass is 9.66. The van der Waals surface area contributed by atoms with Gasteiger partial charge < -0.3 is 9.53 Å². The van der Waals surface area contributed by atoms with Crippen LogP contribution in [0.5, 0.6) is 0 Å². The highest BCUT2D eigenvalue weighted by molar-refractivity contribution is 6.09. The maximum Gasteiger partial charge on any atom is 0.305 e. The highest BCUT2D eigenvalue weighted by Crippen LogP contribution is 2.39. The molecule has 1 saturated carbocycles. The van der Waals surface area contributed by atoms with Crippen LogP contribution in [0.15, 0.2) is 0 Å². The maximum absolute atomic E-state index is 12.2. The zero-order chi connectivity index (χ0) is 14.5. The van der Waals surface area contributed by atoms with Crippen molar-refractivity contribution < 1.29 is 23.9 Å². The fraction of sp³-hybridized carbons (Fsp3) is 0.714. The minimum atomic E-state index is -1.14. The number of carbonyl (C=O) groups is 4. The Morgan fingerprint density at radius 2 is 1.63 bits per heavy atom. The van der Waals surface area contributed by atoms with E-state index in [1.807, 2.05) is 0 Å². The highest BCUT2D eigenvalue weighted by atomic mass is 16.5. The van der Waals surface area contributed by atoms with E-state index in [0.29, 0.717) is 19.3 Å². The van der Waals surface area contributed by atoms with Crippen LogP contribution in [0.3, 0.4) is 0 Å². The van der Waals surface area contributed by atoms with Crippen LogP contribution < -0.4 is 0 Å². The Bertz CT molecular complexity index is 381. The normalized spacial score (nSPS) is 18.2. The maximum atomic E-state index is 12.2. The van der Waals surface area contributed by atoms with E-state index in [1.54, 1.807) is 0 Å². The Hall–Kier alpha value is -1.52. The molecule has 0 bridgehead atoms. The first-order valence-electron chi connectivity index (χ1n) is 6.55. The summed E-state index contributed by atoms with van der Waals surface area (Å²) in [6.07, 6.45) is 1.87. The largest absolute Gasteiger partial charge is 0.469 e. The minimum Gasteiger partial charge on any atom is -0.469 e. The quantitative estimate of drug-likeness (QED) is 0.540. The summed E-state index contributed by atoms with van der Waals surface area (Å²) in [6.45, 7) is 1.44. The molecule has 0 aromatic rings. The summed E-state index contributed by atoms with van der Waals surface area (Å²) < 4.78 is 4.55. The van der Waals surface area contributed by atoms with Crippen molar-refractivity contribution in [3.05, 3.63) is 0 Å². The molecule has 1 aliphatic rings. The number of carbonyl (C=O) groups excluding carboxylic acids is 4. The van der Waals surface area contributed by atoms with Gasteiger partial charge in [-0.3, -0.25) is 14.4 Å². The second-order valence-corrected chi connectivity index (χ2v) is 5.06. The second kappa shape index (κ2) is 6.59. The lowest BCUT2D eigenvalue weighted by Crippen LogP contribution is -2.43. The van der Waals surface area contributed by atoms with Gasteiger partial charge in [-0.2, -0.15) is 0 Å². The molecule has 106 valence electrons. The number of hydrogen-bond acceptors (Lipinski definition) is 5. The van der Waals surface area contributed by atoms with Gasteiger partial charge in [0.05, 0.1) is 12.5 Å². The number of ketones is 3. The molecule has 19 heavy (non-hydrogen) atoms. The number of Topliss-reactive ketones (excluding diaryl/α,β-unsaturated/α-hetero) is 3. The molecular weight excluding hydrogens is 248 g/mol. The van der Waals surface area contributed by atoms with E-state index in [4.69, 9.17) is 0 Å². The van der Waals surface area contributed by atoms with Crippen molar-refractivity contribution in [3.8, 4) is 0 Å². The zero-order valence-electron chi connectivity index (χ0n) is 11.5. The molecule has 0 aromatic heterocycles. The van der Waals surface area contributed by atoms with Crippen molar-refractivity contribution in [1.82, 2.24) is 0 Å². The molecule has 0 aliphatic heterocycles. The fourth-order valence-electron chi connectivity index (χ4n) is 2.53. The van der Waals surface area contributed by atoms with Gasteiger partial charge in [0.15, 0.2) is 0 Å². The third-order valence-corrected chi connectivity index (χ3v) is 3.76. The van der Waals surface area contributed by atoms with Crippen molar-refractivity contribution in [2.75, 3.05) is 7.11 Å². The van der Waals surface area contributed by atoms with Gasteiger partial charge >= 0.3 is 5.97 Å². The predicted molar refractivity (Wildman–Crippen MR) is 67.5 cm³/mol. The SMILES string of the molecule is COC(=O)CCC1(CCC(C)=O)C(=O)CCCC1=O. The van der Waals surface area contributed by atoms with E-state index < -0.39 is 11.4 Å². The van der Waals surface area contributed by atoms with E-state index in [2.05, 4.69) is 4.74 Å². The first-order valence-corrected chi connectivity index (χ1v) is 6.55. The smallest absolute Gasteiger partial charge is 0.305 e. The molecule has 1 rings (SSSR count). The van der Waals surface area contributed by atoms with Crippen molar-refractivity contribution >= 4 is 23.3 Å². The molecule has 0 saturated heterocycles. The number of rotatable bonds is 6. The predicted octanol–water partition coefficient (Wildman–Crippen LogP) is 1.62. The van der Waals surface area contributed by atoms with Crippen LogP contribution in [0.4, 0.5) is 0 Å². The van der Waals surface area contributed by atoms with Crippen LogP contribution in [0, 0.1) is 5.41 Å². The summed E-state index contributed by atoms with van der Waals surface area (Å²) >= 11 is 0. The average molecular weight is 268 g/mol. The Morgan fingerprint density at radius 3 is 2.11 bits per heavy atom. The van der Waals surface area contributed by atoms with E-state index in [9.17, 15) is 19.2 Å². The van der Waals surface area contributed by atoms with Gasteiger partial charge in [0.25, 0.3) is 0 Å². The van der Waals surface area contributed by atoms with Crippen molar-refractivity contribution in [2.45, 2.75) is 51.9 Å². The van der Waals surface area contributed by atoms with E-state index in [0.717, 1.165) is 0 Å². The van der Waals surface area contributed by atoms with Crippen LogP contribution in [0.25, 0.3) is 0 Å². The van der Waals surface area contributed by atoms with Crippen LogP contribution >= 0.6 is 0 Å². The standard InChI is InChI=1S/C14H20O5/c1-10(15)6-8-14(9-7-13(18)19-2)11(16)4-3-5-12(14)17/h3-9H2,1-2H3. The molecule has 0 N–H and O–H groups in total. The zero-order valence-corrected chi connectivity index (χ0v) is 11.5. The molecule has 0 unspecified atom stereocenters. The van der Waals surface area contributed by atoms with Gasteiger partial charge in [0, 0.05) is 25.7 Å². The van der Waals surface area contributed by atoms with Gasteiger partial charge in [-0.05, 0) is 26.2 Å². The minimum absolute atomic E-state index is 0.0336. The number of hydrogen-bond donors (Lipinski definition) is 0. The molecule has 0 spiro atoms. The summed E-state index contributed by atoms with van der Waals surface area (Å²) in [7, 11) is 1.27. The average Bonchev–Trinajstić information content (AvgIpc) is 2.37. The van der Waals surface area contributed by atoms with Gasteiger partial charge in [-0.15, -0.1) is 0 Å². The summed E-state index contributed by atoms with van der Waals surface area (Å²) in [6, 6.07) is 0. The van der Waals surface area contributed by atoms with Crippen molar-refractivity contribution in [2.24, 2.45) is 5.41 Å². The Balaban J connectivity index is 2.87. The summed E-state index contributed by atoms with van der Waals surface area (Å²) in [5.74, 6) is -0.750. The molecule has 0 radical (unpaired) electrons. The van der Waals surface area contributed by atoms with Crippen molar-refractivity contribution in [1.29, 1.82) is 0 Å². The van der Waals surface area contributed by atoms with E-state index in [-0.39, 0.29) is 43.0 Å². The van der Waals surface area contributed by atoms with Gasteiger partial charge in [-0.1, -0.05) is 0 Å².